The van der Waals surface area contributed by atoms with Gasteiger partial charge >= 0.3 is 0 Å². The van der Waals surface area contributed by atoms with Crippen molar-refractivity contribution in [3.05, 3.63) is 32.5 Å². The molecule has 0 saturated heterocycles. The third-order valence-corrected chi connectivity index (χ3v) is 4.17. The van der Waals surface area contributed by atoms with Gasteiger partial charge in [-0.05, 0) is 35.2 Å². The first-order valence-corrected chi connectivity index (χ1v) is 6.22. The van der Waals surface area contributed by atoms with Crippen molar-refractivity contribution in [3.63, 3.8) is 0 Å². The maximum Gasteiger partial charge on any atom is 0.235 e. The summed E-state index contributed by atoms with van der Waals surface area (Å²) in [5.74, 6) is -3.76. The van der Waals surface area contributed by atoms with Gasteiger partial charge in [0.15, 0.2) is 17.5 Å². The summed E-state index contributed by atoms with van der Waals surface area (Å²) in [5.41, 5.74) is -1.69. The van der Waals surface area contributed by atoms with E-state index in [0.29, 0.717) is 19.3 Å². The van der Waals surface area contributed by atoms with E-state index < -0.39 is 38.0 Å². The SMILES string of the molecule is O=C=NC1(c2c(F)c(F)c(Br)c(F)c2Cl)CCC1. The lowest BCUT2D eigenvalue weighted by Gasteiger charge is -2.37. The van der Waals surface area contributed by atoms with Crippen molar-refractivity contribution in [3.8, 4) is 0 Å². The normalized spacial score (nSPS) is 16.9. The molecule has 0 heterocycles. The maximum absolute atomic E-state index is 13.9. The first-order chi connectivity index (χ1) is 8.44. The fourth-order valence-corrected chi connectivity index (χ4v) is 2.87. The highest BCUT2D eigenvalue weighted by molar-refractivity contribution is 9.10. The Morgan fingerprint density at radius 3 is 2.28 bits per heavy atom. The second kappa shape index (κ2) is 4.68. The van der Waals surface area contributed by atoms with Gasteiger partial charge in [-0.3, -0.25) is 0 Å². The number of carbonyl (C=O) groups excluding carboxylic acids is 1. The fraction of sp³-hybridized carbons (Fsp3) is 0.364. The summed E-state index contributed by atoms with van der Waals surface area (Å²) in [5, 5.41) is -0.556. The number of hydrogen-bond donors (Lipinski definition) is 0. The van der Waals surface area contributed by atoms with Crippen LogP contribution in [0.5, 0.6) is 0 Å². The zero-order valence-corrected chi connectivity index (χ0v) is 11.2. The Morgan fingerprint density at radius 2 is 1.83 bits per heavy atom. The summed E-state index contributed by atoms with van der Waals surface area (Å²) in [4.78, 5) is 13.9. The van der Waals surface area contributed by atoms with Gasteiger partial charge in [0.05, 0.1) is 9.50 Å². The van der Waals surface area contributed by atoms with Crippen LogP contribution in [-0.4, -0.2) is 6.08 Å². The van der Waals surface area contributed by atoms with Crippen LogP contribution in [-0.2, 0) is 10.3 Å². The monoisotopic (exact) mass is 339 g/mol. The maximum atomic E-state index is 13.9. The van der Waals surface area contributed by atoms with Crippen LogP contribution in [0.2, 0.25) is 5.02 Å². The molecule has 2 nitrogen and oxygen atoms in total. The van der Waals surface area contributed by atoms with E-state index in [4.69, 9.17) is 11.6 Å². The van der Waals surface area contributed by atoms with Crippen LogP contribution in [0.25, 0.3) is 0 Å². The molecule has 1 aromatic rings. The van der Waals surface area contributed by atoms with Crippen LogP contribution in [0.15, 0.2) is 9.47 Å². The summed E-state index contributed by atoms with van der Waals surface area (Å²) in [6, 6.07) is 0. The quantitative estimate of drug-likeness (QED) is 0.343. The van der Waals surface area contributed by atoms with E-state index in [9.17, 15) is 18.0 Å². The topological polar surface area (TPSA) is 29.4 Å². The van der Waals surface area contributed by atoms with Crippen molar-refractivity contribution in [1.29, 1.82) is 0 Å². The molecule has 0 aromatic heterocycles. The minimum Gasteiger partial charge on any atom is -0.211 e. The average Bonchev–Trinajstić information content (AvgIpc) is 2.31. The molecule has 1 aliphatic rings. The van der Waals surface area contributed by atoms with Crippen molar-refractivity contribution in [2.24, 2.45) is 4.99 Å². The van der Waals surface area contributed by atoms with Gasteiger partial charge in [0.25, 0.3) is 0 Å². The zero-order valence-electron chi connectivity index (χ0n) is 8.87. The minimum atomic E-state index is -1.38. The molecule has 0 unspecified atom stereocenters. The van der Waals surface area contributed by atoms with Gasteiger partial charge in [0, 0.05) is 5.56 Å². The van der Waals surface area contributed by atoms with Gasteiger partial charge in [-0.2, -0.15) is 4.99 Å². The molecule has 0 N–H and O–H groups in total. The summed E-state index contributed by atoms with van der Waals surface area (Å²) in [6.45, 7) is 0. The van der Waals surface area contributed by atoms with E-state index in [1.54, 1.807) is 0 Å². The lowest BCUT2D eigenvalue weighted by Crippen LogP contribution is -2.34. The van der Waals surface area contributed by atoms with E-state index in [1.165, 1.54) is 6.08 Å². The second-order valence-electron chi connectivity index (χ2n) is 4.03. The molecule has 0 radical (unpaired) electrons. The summed E-state index contributed by atoms with van der Waals surface area (Å²) < 4.78 is 40.4. The molecule has 1 aliphatic carbocycles. The fourth-order valence-electron chi connectivity index (χ4n) is 2.03. The van der Waals surface area contributed by atoms with Crippen molar-refractivity contribution in [1.82, 2.24) is 0 Å². The van der Waals surface area contributed by atoms with Crippen LogP contribution in [0.1, 0.15) is 24.8 Å². The Hall–Kier alpha value is -0.840. The highest BCUT2D eigenvalue weighted by Crippen LogP contribution is 2.50. The van der Waals surface area contributed by atoms with Gasteiger partial charge < -0.3 is 0 Å². The third kappa shape index (κ3) is 1.79. The number of aliphatic imine (C=N–C) groups is 1. The highest BCUT2D eigenvalue weighted by atomic mass is 79.9. The van der Waals surface area contributed by atoms with E-state index in [0.717, 1.165) is 0 Å². The Morgan fingerprint density at radius 1 is 1.22 bits per heavy atom. The molecule has 18 heavy (non-hydrogen) atoms. The molecule has 7 heteroatoms. The third-order valence-electron chi connectivity index (χ3n) is 3.12. The van der Waals surface area contributed by atoms with E-state index in [1.807, 2.05) is 0 Å². The molecule has 96 valence electrons. The molecule has 1 aromatic carbocycles. The van der Waals surface area contributed by atoms with Gasteiger partial charge in [0.2, 0.25) is 6.08 Å². The number of nitrogens with zero attached hydrogens (tertiary/aromatic N) is 1. The molecular weight excluding hydrogens is 334 g/mol. The van der Waals surface area contributed by atoms with E-state index in [-0.39, 0.29) is 0 Å². The number of isocyanates is 1. The van der Waals surface area contributed by atoms with Gasteiger partial charge in [0.1, 0.15) is 5.54 Å². The highest BCUT2D eigenvalue weighted by Gasteiger charge is 2.44. The lowest BCUT2D eigenvalue weighted by molar-refractivity contribution is 0.243. The molecule has 0 amide bonds. The molecule has 1 saturated carbocycles. The van der Waals surface area contributed by atoms with Crippen molar-refractivity contribution < 1.29 is 18.0 Å². The molecule has 0 spiro atoms. The van der Waals surface area contributed by atoms with Gasteiger partial charge in [-0.1, -0.05) is 11.6 Å². The Labute approximate surface area is 114 Å². The summed E-state index contributed by atoms with van der Waals surface area (Å²) in [7, 11) is 0. The predicted octanol–water partition coefficient (Wildman–Crippen LogP) is 4.23. The Balaban J connectivity index is 2.75. The predicted molar refractivity (Wildman–Crippen MR) is 62.7 cm³/mol. The Kier molecular flexibility index (Phi) is 3.54. The van der Waals surface area contributed by atoms with E-state index in [2.05, 4.69) is 20.9 Å². The molecular formula is C11H6BrClF3NO. The van der Waals surface area contributed by atoms with Crippen LogP contribution >= 0.6 is 27.5 Å². The second-order valence-corrected chi connectivity index (χ2v) is 5.20. The average molecular weight is 341 g/mol. The standard InChI is InChI=1S/C11H6BrClF3NO/c12-6-9(15)7(13)5(8(14)10(6)16)11(17-4-18)2-1-3-11/h1-3H2. The summed E-state index contributed by atoms with van der Waals surface area (Å²) >= 11 is 8.29. The first-order valence-electron chi connectivity index (χ1n) is 5.05. The van der Waals surface area contributed by atoms with Crippen molar-refractivity contribution in [2.75, 3.05) is 0 Å². The van der Waals surface area contributed by atoms with Crippen LogP contribution in [0.3, 0.4) is 0 Å². The number of halogens is 5. The number of rotatable bonds is 2. The molecule has 0 atom stereocenters. The zero-order chi connectivity index (χ0) is 13.5. The molecule has 0 aliphatic heterocycles. The van der Waals surface area contributed by atoms with Crippen molar-refractivity contribution in [2.45, 2.75) is 24.8 Å². The van der Waals surface area contributed by atoms with Crippen LogP contribution in [0.4, 0.5) is 13.2 Å². The lowest BCUT2D eigenvalue weighted by atomic mass is 9.72. The molecule has 0 bridgehead atoms. The molecule has 1 fully saturated rings. The van der Waals surface area contributed by atoms with Gasteiger partial charge in [-0.25, -0.2) is 18.0 Å². The van der Waals surface area contributed by atoms with Crippen molar-refractivity contribution >= 4 is 33.6 Å². The summed E-state index contributed by atoms with van der Waals surface area (Å²) in [6.07, 6.45) is 2.59. The number of benzene rings is 1. The van der Waals surface area contributed by atoms with Crippen LogP contribution in [0, 0.1) is 17.5 Å². The smallest absolute Gasteiger partial charge is 0.211 e. The largest absolute Gasteiger partial charge is 0.235 e. The first kappa shape index (κ1) is 13.6. The van der Waals surface area contributed by atoms with Crippen LogP contribution < -0.4 is 0 Å². The number of hydrogen-bond acceptors (Lipinski definition) is 2. The molecule has 2 rings (SSSR count). The van der Waals surface area contributed by atoms with Gasteiger partial charge in [-0.15, -0.1) is 0 Å². The van der Waals surface area contributed by atoms with E-state index >= 15 is 0 Å². The minimum absolute atomic E-state index is 0.305. The Bertz CT molecular complexity index is 539.